The normalized spacial score (nSPS) is 23.6. The van der Waals surface area contributed by atoms with Gasteiger partial charge in [-0.2, -0.15) is 0 Å². The van der Waals surface area contributed by atoms with Crippen molar-refractivity contribution < 1.29 is 4.74 Å². The van der Waals surface area contributed by atoms with Gasteiger partial charge >= 0.3 is 0 Å². The van der Waals surface area contributed by atoms with Gasteiger partial charge in [-0.05, 0) is 12.8 Å². The van der Waals surface area contributed by atoms with E-state index in [-0.39, 0.29) is 6.10 Å². The Balaban J connectivity index is 1.39. The smallest absolute Gasteiger partial charge is 0.163 e. The summed E-state index contributed by atoms with van der Waals surface area (Å²) < 4.78 is 7.81. The summed E-state index contributed by atoms with van der Waals surface area (Å²) in [6.45, 7) is 3.44. The van der Waals surface area contributed by atoms with E-state index in [1.165, 1.54) is 36.4 Å². The SMILES string of the molecule is Cn1cnnc1[C@@H]1CN(Cc2csc(C3CCCC3)n2)CCO1. The van der Waals surface area contributed by atoms with Crippen molar-refractivity contribution >= 4 is 11.3 Å². The van der Waals surface area contributed by atoms with Crippen molar-refractivity contribution in [2.45, 2.75) is 44.2 Å². The van der Waals surface area contributed by atoms with Crippen LogP contribution < -0.4 is 0 Å². The number of morpholine rings is 1. The Hall–Kier alpha value is -1.31. The zero-order chi connectivity index (χ0) is 15.6. The maximum Gasteiger partial charge on any atom is 0.163 e. The summed E-state index contributed by atoms with van der Waals surface area (Å²) in [5.74, 6) is 1.62. The van der Waals surface area contributed by atoms with Crippen LogP contribution in [0.5, 0.6) is 0 Å². The Morgan fingerprint density at radius 1 is 1.35 bits per heavy atom. The second kappa shape index (κ2) is 6.67. The molecule has 2 aliphatic rings. The highest BCUT2D eigenvalue weighted by atomic mass is 32.1. The van der Waals surface area contributed by atoms with E-state index in [2.05, 4.69) is 20.5 Å². The summed E-state index contributed by atoms with van der Waals surface area (Å²) in [6, 6.07) is 0. The number of thiazole rings is 1. The molecule has 2 aromatic heterocycles. The molecule has 4 rings (SSSR count). The number of ether oxygens (including phenoxy) is 1. The molecule has 1 aliphatic heterocycles. The highest BCUT2D eigenvalue weighted by Gasteiger charge is 2.26. The van der Waals surface area contributed by atoms with Crippen LogP contribution in [-0.4, -0.2) is 44.3 Å². The van der Waals surface area contributed by atoms with Gasteiger partial charge in [-0.15, -0.1) is 21.5 Å². The number of aromatic nitrogens is 4. The molecule has 1 aliphatic carbocycles. The second-order valence-electron chi connectivity index (χ2n) is 6.55. The molecule has 3 heterocycles. The lowest BCUT2D eigenvalue weighted by atomic mass is 10.1. The Morgan fingerprint density at radius 2 is 2.22 bits per heavy atom. The molecule has 2 aromatic rings. The third-order valence-electron chi connectivity index (χ3n) is 4.84. The zero-order valence-corrected chi connectivity index (χ0v) is 14.3. The van der Waals surface area contributed by atoms with Crippen molar-refractivity contribution in [3.05, 3.63) is 28.2 Å². The van der Waals surface area contributed by atoms with Gasteiger partial charge in [0.05, 0.1) is 17.3 Å². The zero-order valence-electron chi connectivity index (χ0n) is 13.5. The fourth-order valence-corrected chi connectivity index (χ4v) is 4.55. The fourth-order valence-electron chi connectivity index (χ4n) is 3.57. The largest absolute Gasteiger partial charge is 0.368 e. The lowest BCUT2D eigenvalue weighted by Gasteiger charge is -2.31. The molecule has 1 saturated heterocycles. The minimum absolute atomic E-state index is 0.00388. The van der Waals surface area contributed by atoms with Crippen LogP contribution in [0.15, 0.2) is 11.7 Å². The summed E-state index contributed by atoms with van der Waals surface area (Å²) in [5.41, 5.74) is 1.20. The molecule has 0 spiro atoms. The average molecular weight is 333 g/mol. The lowest BCUT2D eigenvalue weighted by Crippen LogP contribution is -2.38. The molecule has 0 bridgehead atoms. The van der Waals surface area contributed by atoms with Gasteiger partial charge in [0.1, 0.15) is 12.4 Å². The molecule has 6 nitrogen and oxygen atoms in total. The van der Waals surface area contributed by atoms with E-state index in [1.54, 1.807) is 6.33 Å². The Bertz CT molecular complexity index is 648. The molecule has 0 aromatic carbocycles. The molecule has 0 unspecified atom stereocenters. The molecule has 0 N–H and O–H groups in total. The van der Waals surface area contributed by atoms with Crippen LogP contribution in [-0.2, 0) is 18.3 Å². The van der Waals surface area contributed by atoms with Crippen molar-refractivity contribution in [2.24, 2.45) is 7.05 Å². The Morgan fingerprint density at radius 3 is 3.00 bits per heavy atom. The molecule has 0 radical (unpaired) electrons. The summed E-state index contributed by atoms with van der Waals surface area (Å²) in [6.07, 6.45) is 7.10. The van der Waals surface area contributed by atoms with Crippen LogP contribution in [0.2, 0.25) is 0 Å². The van der Waals surface area contributed by atoms with Crippen molar-refractivity contribution in [2.75, 3.05) is 19.7 Å². The number of aryl methyl sites for hydroxylation is 1. The number of nitrogens with zero attached hydrogens (tertiary/aromatic N) is 5. The molecular weight excluding hydrogens is 310 g/mol. The van der Waals surface area contributed by atoms with E-state index >= 15 is 0 Å². The van der Waals surface area contributed by atoms with Gasteiger partial charge in [-0.25, -0.2) is 4.98 Å². The van der Waals surface area contributed by atoms with Gasteiger partial charge < -0.3 is 9.30 Å². The topological polar surface area (TPSA) is 56.1 Å². The quantitative estimate of drug-likeness (QED) is 0.860. The van der Waals surface area contributed by atoms with Crippen molar-refractivity contribution in [3.8, 4) is 0 Å². The summed E-state index contributed by atoms with van der Waals surface area (Å²) in [4.78, 5) is 7.31. The van der Waals surface area contributed by atoms with Gasteiger partial charge in [-0.1, -0.05) is 12.8 Å². The van der Waals surface area contributed by atoms with E-state index < -0.39 is 0 Å². The van der Waals surface area contributed by atoms with Crippen LogP contribution >= 0.6 is 11.3 Å². The van der Waals surface area contributed by atoms with Crippen LogP contribution in [0.1, 0.15) is 54.2 Å². The maximum atomic E-state index is 5.87. The highest BCUT2D eigenvalue weighted by Crippen LogP contribution is 2.35. The third-order valence-corrected chi connectivity index (χ3v) is 5.90. The number of hydrogen-bond donors (Lipinski definition) is 0. The third kappa shape index (κ3) is 3.32. The van der Waals surface area contributed by atoms with E-state index in [0.717, 1.165) is 32.1 Å². The monoisotopic (exact) mass is 333 g/mol. The Kier molecular flexibility index (Phi) is 4.41. The molecular formula is C16H23N5OS. The van der Waals surface area contributed by atoms with Crippen LogP contribution in [0.25, 0.3) is 0 Å². The van der Waals surface area contributed by atoms with E-state index in [9.17, 15) is 0 Å². The van der Waals surface area contributed by atoms with E-state index in [4.69, 9.17) is 9.72 Å². The van der Waals surface area contributed by atoms with E-state index in [0.29, 0.717) is 5.92 Å². The summed E-state index contributed by atoms with van der Waals surface area (Å²) in [7, 11) is 1.96. The van der Waals surface area contributed by atoms with Gasteiger partial charge in [-0.3, -0.25) is 4.90 Å². The van der Waals surface area contributed by atoms with E-state index in [1.807, 2.05) is 23.0 Å². The number of rotatable bonds is 4. The lowest BCUT2D eigenvalue weighted by molar-refractivity contribution is -0.0388. The standard InChI is InChI=1S/C16H23N5OS/c1-20-11-17-19-15(20)14-9-21(6-7-22-14)8-13-10-23-16(18-13)12-4-2-3-5-12/h10-12,14H,2-9H2,1H3/t14-/m0/s1. The summed E-state index contributed by atoms with van der Waals surface area (Å²) >= 11 is 1.84. The van der Waals surface area contributed by atoms with Crippen LogP contribution in [0, 0.1) is 0 Å². The minimum Gasteiger partial charge on any atom is -0.368 e. The number of hydrogen-bond acceptors (Lipinski definition) is 6. The fraction of sp³-hybridized carbons (Fsp3) is 0.688. The average Bonchev–Trinajstić information content (AvgIpc) is 3.28. The van der Waals surface area contributed by atoms with Gasteiger partial charge in [0.2, 0.25) is 0 Å². The highest BCUT2D eigenvalue weighted by molar-refractivity contribution is 7.09. The minimum atomic E-state index is 0.00388. The first-order valence-corrected chi connectivity index (χ1v) is 9.29. The van der Waals surface area contributed by atoms with Crippen molar-refractivity contribution in [3.63, 3.8) is 0 Å². The molecule has 2 fully saturated rings. The summed E-state index contributed by atoms with van der Waals surface area (Å²) in [5, 5.41) is 11.7. The van der Waals surface area contributed by atoms with Crippen molar-refractivity contribution in [1.82, 2.24) is 24.6 Å². The predicted octanol–water partition coefficient (Wildman–Crippen LogP) is 2.50. The first-order valence-electron chi connectivity index (χ1n) is 8.42. The first-order chi connectivity index (χ1) is 11.3. The predicted molar refractivity (Wildman–Crippen MR) is 88.3 cm³/mol. The van der Waals surface area contributed by atoms with Crippen molar-refractivity contribution in [1.29, 1.82) is 0 Å². The second-order valence-corrected chi connectivity index (χ2v) is 7.44. The molecule has 23 heavy (non-hydrogen) atoms. The molecule has 1 atom stereocenters. The molecule has 1 saturated carbocycles. The van der Waals surface area contributed by atoms with Gasteiger partial charge in [0.25, 0.3) is 0 Å². The molecule has 124 valence electrons. The molecule has 0 amide bonds. The van der Waals surface area contributed by atoms with Gasteiger partial charge in [0, 0.05) is 38.0 Å². The first kappa shape index (κ1) is 15.2. The van der Waals surface area contributed by atoms with Crippen LogP contribution in [0.4, 0.5) is 0 Å². The van der Waals surface area contributed by atoms with Crippen LogP contribution in [0.3, 0.4) is 0 Å². The van der Waals surface area contributed by atoms with Gasteiger partial charge in [0.15, 0.2) is 5.82 Å². The Labute approximate surface area is 140 Å². The molecule has 7 heteroatoms. The maximum absolute atomic E-state index is 5.87.